The van der Waals surface area contributed by atoms with Crippen LogP contribution in [-0.4, -0.2) is 33.4 Å². The summed E-state index contributed by atoms with van der Waals surface area (Å²) in [5.74, 6) is 1.83. The number of rotatable bonds is 8. The predicted octanol–water partition coefficient (Wildman–Crippen LogP) is 2.66. The molecule has 0 aliphatic carbocycles. The molecule has 0 aliphatic heterocycles. The van der Waals surface area contributed by atoms with Gasteiger partial charge in [-0.05, 0) is 41.5 Å². The lowest BCUT2D eigenvalue weighted by Gasteiger charge is -2.15. The summed E-state index contributed by atoms with van der Waals surface area (Å²) < 4.78 is 12.9. The zero-order chi connectivity index (χ0) is 15.9. The molecule has 1 aromatic carbocycles. The standard InChI is InChI=1S/C14H20ClN5O2/c1-4-6-22-13-11(15)7-10(8-12(13)21-5-2)9-16-14-17-18-19-20(14)3/h7-8H,4-6,9H2,1-3H3,(H,16,17,19). The van der Waals surface area contributed by atoms with Crippen LogP contribution in [0.4, 0.5) is 5.95 Å². The van der Waals surface area contributed by atoms with E-state index in [0.29, 0.717) is 42.2 Å². The van der Waals surface area contributed by atoms with Gasteiger partial charge in [0.25, 0.3) is 0 Å². The minimum absolute atomic E-state index is 0.530. The normalized spacial score (nSPS) is 10.5. The number of ether oxygens (including phenoxy) is 2. The number of hydrogen-bond donors (Lipinski definition) is 1. The third-order valence-electron chi connectivity index (χ3n) is 2.89. The molecule has 0 saturated heterocycles. The summed E-state index contributed by atoms with van der Waals surface area (Å²) in [6, 6.07) is 3.77. The summed E-state index contributed by atoms with van der Waals surface area (Å²) >= 11 is 6.32. The van der Waals surface area contributed by atoms with Gasteiger partial charge in [0.15, 0.2) is 11.5 Å². The molecule has 22 heavy (non-hydrogen) atoms. The molecule has 0 amide bonds. The minimum atomic E-state index is 0.530. The van der Waals surface area contributed by atoms with Crippen molar-refractivity contribution < 1.29 is 9.47 Å². The van der Waals surface area contributed by atoms with Crippen LogP contribution in [-0.2, 0) is 13.6 Å². The molecule has 0 atom stereocenters. The van der Waals surface area contributed by atoms with Gasteiger partial charge >= 0.3 is 0 Å². The second-order valence-electron chi connectivity index (χ2n) is 4.67. The molecule has 1 aromatic heterocycles. The highest BCUT2D eigenvalue weighted by molar-refractivity contribution is 6.32. The van der Waals surface area contributed by atoms with Crippen LogP contribution in [0.2, 0.25) is 5.02 Å². The van der Waals surface area contributed by atoms with Crippen molar-refractivity contribution in [3.8, 4) is 11.5 Å². The van der Waals surface area contributed by atoms with E-state index in [1.54, 1.807) is 11.7 Å². The molecule has 0 radical (unpaired) electrons. The third kappa shape index (κ3) is 4.00. The van der Waals surface area contributed by atoms with Crippen molar-refractivity contribution in [2.75, 3.05) is 18.5 Å². The van der Waals surface area contributed by atoms with Crippen LogP contribution in [0.1, 0.15) is 25.8 Å². The average Bonchev–Trinajstić information content (AvgIpc) is 2.90. The number of halogens is 1. The van der Waals surface area contributed by atoms with Crippen molar-refractivity contribution in [2.45, 2.75) is 26.8 Å². The maximum absolute atomic E-state index is 6.32. The van der Waals surface area contributed by atoms with Gasteiger partial charge < -0.3 is 14.8 Å². The van der Waals surface area contributed by atoms with E-state index in [9.17, 15) is 0 Å². The Morgan fingerprint density at radius 3 is 2.73 bits per heavy atom. The van der Waals surface area contributed by atoms with E-state index < -0.39 is 0 Å². The third-order valence-corrected chi connectivity index (χ3v) is 3.17. The van der Waals surface area contributed by atoms with Crippen LogP contribution in [0, 0.1) is 0 Å². The number of nitrogens with one attached hydrogen (secondary N) is 1. The van der Waals surface area contributed by atoms with Crippen LogP contribution < -0.4 is 14.8 Å². The van der Waals surface area contributed by atoms with E-state index >= 15 is 0 Å². The van der Waals surface area contributed by atoms with Crippen molar-refractivity contribution in [2.24, 2.45) is 7.05 Å². The molecule has 0 unspecified atom stereocenters. The fraction of sp³-hybridized carbons (Fsp3) is 0.500. The molecule has 2 rings (SSSR count). The minimum Gasteiger partial charge on any atom is -0.490 e. The van der Waals surface area contributed by atoms with Crippen LogP contribution in [0.15, 0.2) is 12.1 Å². The summed E-state index contributed by atoms with van der Waals surface area (Å²) in [5.41, 5.74) is 0.959. The molecule has 0 aliphatic rings. The first-order valence-corrected chi connectivity index (χ1v) is 7.57. The van der Waals surface area contributed by atoms with E-state index in [-0.39, 0.29) is 0 Å². The molecular weight excluding hydrogens is 306 g/mol. The molecule has 0 bridgehead atoms. The van der Waals surface area contributed by atoms with Crippen molar-refractivity contribution in [3.63, 3.8) is 0 Å². The second-order valence-corrected chi connectivity index (χ2v) is 5.07. The fourth-order valence-electron chi connectivity index (χ4n) is 1.89. The molecule has 0 saturated carbocycles. The summed E-state index contributed by atoms with van der Waals surface area (Å²) in [4.78, 5) is 0. The number of nitrogens with zero attached hydrogens (tertiary/aromatic N) is 4. The Kier molecular flexibility index (Phi) is 5.83. The molecule has 120 valence electrons. The van der Waals surface area contributed by atoms with Crippen molar-refractivity contribution in [3.05, 3.63) is 22.7 Å². The highest BCUT2D eigenvalue weighted by Gasteiger charge is 2.13. The monoisotopic (exact) mass is 325 g/mol. The van der Waals surface area contributed by atoms with Gasteiger partial charge in [0, 0.05) is 13.6 Å². The predicted molar refractivity (Wildman–Crippen MR) is 84.5 cm³/mol. The van der Waals surface area contributed by atoms with Crippen molar-refractivity contribution in [1.29, 1.82) is 0 Å². The van der Waals surface area contributed by atoms with E-state index in [4.69, 9.17) is 21.1 Å². The van der Waals surface area contributed by atoms with E-state index in [1.807, 2.05) is 26.0 Å². The smallest absolute Gasteiger partial charge is 0.242 e. The molecule has 1 N–H and O–H groups in total. The summed E-state index contributed by atoms with van der Waals surface area (Å²) in [5, 5.41) is 14.9. The van der Waals surface area contributed by atoms with Gasteiger partial charge in [0.1, 0.15) is 0 Å². The highest BCUT2D eigenvalue weighted by Crippen LogP contribution is 2.37. The second kappa shape index (κ2) is 7.84. The van der Waals surface area contributed by atoms with Gasteiger partial charge in [-0.3, -0.25) is 0 Å². The van der Waals surface area contributed by atoms with E-state index in [0.717, 1.165) is 12.0 Å². The number of aryl methyl sites for hydroxylation is 1. The summed E-state index contributed by atoms with van der Waals surface area (Å²) in [7, 11) is 1.77. The Bertz CT molecular complexity index is 617. The first-order chi connectivity index (χ1) is 10.7. The molecule has 0 fully saturated rings. The number of tetrazole rings is 1. The summed E-state index contributed by atoms with van der Waals surface area (Å²) in [6.07, 6.45) is 0.907. The molecule has 7 nitrogen and oxygen atoms in total. The number of benzene rings is 1. The molecule has 1 heterocycles. The van der Waals surface area contributed by atoms with Crippen molar-refractivity contribution in [1.82, 2.24) is 20.2 Å². The Morgan fingerprint density at radius 1 is 1.27 bits per heavy atom. The largest absolute Gasteiger partial charge is 0.490 e. The van der Waals surface area contributed by atoms with E-state index in [1.165, 1.54) is 0 Å². The highest BCUT2D eigenvalue weighted by atomic mass is 35.5. The molecule has 8 heteroatoms. The van der Waals surface area contributed by atoms with Gasteiger partial charge in [0.2, 0.25) is 5.95 Å². The fourth-order valence-corrected chi connectivity index (χ4v) is 2.18. The first-order valence-electron chi connectivity index (χ1n) is 7.20. The zero-order valence-electron chi connectivity index (χ0n) is 13.0. The van der Waals surface area contributed by atoms with Gasteiger partial charge in [-0.25, -0.2) is 4.68 Å². The Balaban J connectivity index is 2.16. The molecular formula is C14H20ClN5O2. The molecule has 0 spiro atoms. The molecule has 2 aromatic rings. The van der Waals surface area contributed by atoms with Crippen LogP contribution in [0.25, 0.3) is 0 Å². The van der Waals surface area contributed by atoms with Crippen LogP contribution in [0.5, 0.6) is 11.5 Å². The van der Waals surface area contributed by atoms with Gasteiger partial charge in [-0.2, -0.15) is 0 Å². The maximum atomic E-state index is 6.32. The Morgan fingerprint density at radius 2 is 2.09 bits per heavy atom. The maximum Gasteiger partial charge on any atom is 0.242 e. The number of aromatic nitrogens is 4. The average molecular weight is 326 g/mol. The first kappa shape index (κ1) is 16.4. The van der Waals surface area contributed by atoms with Crippen molar-refractivity contribution >= 4 is 17.5 Å². The van der Waals surface area contributed by atoms with Gasteiger partial charge in [0.05, 0.1) is 18.2 Å². The lowest BCUT2D eigenvalue weighted by molar-refractivity contribution is 0.277. The topological polar surface area (TPSA) is 74.1 Å². The van der Waals surface area contributed by atoms with Gasteiger partial charge in [-0.1, -0.05) is 23.6 Å². The van der Waals surface area contributed by atoms with E-state index in [2.05, 4.69) is 20.8 Å². The lowest BCUT2D eigenvalue weighted by atomic mass is 10.2. The Labute approximate surface area is 134 Å². The number of hydrogen-bond acceptors (Lipinski definition) is 6. The summed E-state index contributed by atoms with van der Waals surface area (Å²) in [6.45, 7) is 5.64. The van der Waals surface area contributed by atoms with Crippen LogP contribution >= 0.6 is 11.6 Å². The quantitative estimate of drug-likeness (QED) is 0.804. The van der Waals surface area contributed by atoms with Crippen LogP contribution in [0.3, 0.4) is 0 Å². The SMILES string of the molecule is CCCOc1c(Cl)cc(CNc2nnnn2C)cc1OCC. The number of anilines is 1. The zero-order valence-corrected chi connectivity index (χ0v) is 13.7. The Hall–Kier alpha value is -2.02. The van der Waals surface area contributed by atoms with Gasteiger partial charge in [-0.15, -0.1) is 0 Å². The lowest BCUT2D eigenvalue weighted by Crippen LogP contribution is -2.07.